The molecule has 0 saturated heterocycles. The molecule has 10 nitrogen and oxygen atoms in total. The van der Waals surface area contributed by atoms with Crippen molar-refractivity contribution >= 4 is 17.7 Å². The molecule has 2 amide bonds. The molecule has 0 fully saturated rings. The van der Waals surface area contributed by atoms with Crippen molar-refractivity contribution in [3.05, 3.63) is 111 Å². The lowest BCUT2D eigenvalue weighted by Gasteiger charge is -2.41. The van der Waals surface area contributed by atoms with Crippen LogP contribution < -0.4 is 15.5 Å². The number of nitrogens with one attached hydrogen (secondary N) is 1. The van der Waals surface area contributed by atoms with E-state index in [9.17, 15) is 36.3 Å². The molecule has 2 aromatic carbocycles. The number of amides is 2. The number of halogens is 5. The molecular weight excluding hydrogens is 631 g/mol. The topological polar surface area (TPSA) is 111 Å². The van der Waals surface area contributed by atoms with Crippen molar-refractivity contribution in [1.29, 1.82) is 0 Å². The van der Waals surface area contributed by atoms with Crippen LogP contribution in [0.5, 0.6) is 5.75 Å². The molecular formula is C32H27F5N4O6. The lowest BCUT2D eigenvalue weighted by atomic mass is 9.88. The minimum absolute atomic E-state index is 0.0368. The molecule has 6 rings (SSSR count). The molecule has 0 saturated carbocycles. The van der Waals surface area contributed by atoms with Crippen molar-refractivity contribution in [2.24, 2.45) is 5.16 Å². The number of carbonyl (C=O) groups excluding carboxylic acids is 2. The maximum absolute atomic E-state index is 14.3. The van der Waals surface area contributed by atoms with Gasteiger partial charge in [0.05, 0.1) is 12.5 Å². The Labute approximate surface area is 264 Å². The highest BCUT2D eigenvalue weighted by molar-refractivity contribution is 5.99. The van der Waals surface area contributed by atoms with Crippen LogP contribution in [0.3, 0.4) is 0 Å². The summed E-state index contributed by atoms with van der Waals surface area (Å²) in [6.45, 7) is -0.467. The summed E-state index contributed by atoms with van der Waals surface area (Å²) in [4.78, 5) is 48.6. The Balaban J connectivity index is 1.42. The van der Waals surface area contributed by atoms with E-state index in [1.54, 1.807) is 49.4 Å². The van der Waals surface area contributed by atoms with Crippen LogP contribution in [0.1, 0.15) is 51.4 Å². The molecule has 1 spiro atoms. The average molecular weight is 659 g/mol. The number of oxime groups is 1. The smallest absolute Gasteiger partial charge is 0.422 e. The van der Waals surface area contributed by atoms with Gasteiger partial charge in [-0.3, -0.25) is 14.4 Å². The molecule has 3 aromatic rings. The second-order valence-electron chi connectivity index (χ2n) is 11.3. The summed E-state index contributed by atoms with van der Waals surface area (Å²) < 4.78 is 78.6. The van der Waals surface area contributed by atoms with Gasteiger partial charge in [-0.1, -0.05) is 47.6 Å². The summed E-state index contributed by atoms with van der Waals surface area (Å²) in [5.74, 6) is -4.02. The first-order valence-electron chi connectivity index (χ1n) is 14.5. The van der Waals surface area contributed by atoms with E-state index in [0.29, 0.717) is 11.6 Å². The number of rotatable bonds is 7. The molecule has 0 radical (unpaired) electrons. The average Bonchev–Trinajstić information content (AvgIpc) is 3.41. The highest BCUT2D eigenvalue weighted by Gasteiger charge is 2.53. The summed E-state index contributed by atoms with van der Waals surface area (Å²) >= 11 is 0. The summed E-state index contributed by atoms with van der Waals surface area (Å²) in [5, 5.41) is 6.21. The Morgan fingerprint density at radius 1 is 1.13 bits per heavy atom. The van der Waals surface area contributed by atoms with Crippen LogP contribution in [0.2, 0.25) is 0 Å². The van der Waals surface area contributed by atoms with Crippen molar-refractivity contribution in [1.82, 2.24) is 14.8 Å². The van der Waals surface area contributed by atoms with Gasteiger partial charge in [-0.05, 0) is 24.6 Å². The van der Waals surface area contributed by atoms with Crippen LogP contribution in [0.15, 0.2) is 76.8 Å². The zero-order chi connectivity index (χ0) is 33.5. The Hall–Kier alpha value is -5.21. The Morgan fingerprint density at radius 3 is 2.62 bits per heavy atom. The molecule has 3 atom stereocenters. The summed E-state index contributed by atoms with van der Waals surface area (Å²) in [6.07, 6.45) is -0.517. The fourth-order valence-corrected chi connectivity index (χ4v) is 5.72. The van der Waals surface area contributed by atoms with E-state index in [2.05, 4.69) is 10.5 Å². The van der Waals surface area contributed by atoms with E-state index >= 15 is 0 Å². The van der Waals surface area contributed by atoms with Gasteiger partial charge in [0, 0.05) is 37.0 Å². The lowest BCUT2D eigenvalue weighted by Crippen LogP contribution is -2.53. The standard InChI is InChI=1S/C32H27F5N4O6/c1-18-9-10-31(12-25(39-47-31)46-17-32(35,36)37)24-15-40(18)30(44)26-28(45-16-19-5-3-2-4-6-19)27(42)22(14-41(24)26)29(43)38-13-20-7-8-21(33)11-23(20)34/h2-11,14,18,24H,12-13,15-17H2,1H3,(H,38,43)/t18-,24+,31-/m0/s1. The lowest BCUT2D eigenvalue weighted by molar-refractivity contribution is -0.156. The van der Waals surface area contributed by atoms with Crippen LogP contribution in [-0.2, 0) is 22.7 Å². The third-order valence-corrected chi connectivity index (χ3v) is 8.15. The number of alkyl halides is 3. The number of ether oxygens (including phenoxy) is 2. The van der Waals surface area contributed by atoms with Gasteiger partial charge < -0.3 is 29.1 Å². The maximum atomic E-state index is 14.3. The normalized spacial score (nSPS) is 21.5. The molecule has 246 valence electrons. The van der Waals surface area contributed by atoms with Crippen molar-refractivity contribution in [3.63, 3.8) is 0 Å². The van der Waals surface area contributed by atoms with Gasteiger partial charge >= 0.3 is 6.18 Å². The third-order valence-electron chi connectivity index (χ3n) is 8.15. The molecule has 15 heteroatoms. The molecule has 3 aliphatic rings. The highest BCUT2D eigenvalue weighted by atomic mass is 19.4. The molecule has 0 unspecified atom stereocenters. The number of pyridine rings is 1. The highest BCUT2D eigenvalue weighted by Crippen LogP contribution is 2.44. The van der Waals surface area contributed by atoms with Crippen molar-refractivity contribution < 1.29 is 45.9 Å². The van der Waals surface area contributed by atoms with Crippen LogP contribution in [-0.4, -0.2) is 58.1 Å². The predicted molar refractivity (Wildman–Crippen MR) is 156 cm³/mol. The van der Waals surface area contributed by atoms with E-state index in [0.717, 1.165) is 18.3 Å². The molecule has 4 heterocycles. The van der Waals surface area contributed by atoms with Crippen LogP contribution in [0.25, 0.3) is 0 Å². The molecule has 47 heavy (non-hydrogen) atoms. The first-order valence-corrected chi connectivity index (χ1v) is 14.5. The number of fused-ring (bicyclic) bond motifs is 5. The zero-order valence-electron chi connectivity index (χ0n) is 24.7. The SMILES string of the molecule is C[C@H]1C=C[C@]2(CC(OCC(F)(F)F)=NO2)[C@H]2CN1C(=O)c1c(OCc3ccccc3)c(=O)c(C(=O)NCc3ccc(F)cc3F)cn12. The van der Waals surface area contributed by atoms with Crippen molar-refractivity contribution in [2.45, 2.75) is 50.4 Å². The van der Waals surface area contributed by atoms with E-state index in [-0.39, 0.29) is 36.7 Å². The number of hydrogen-bond acceptors (Lipinski definition) is 7. The Morgan fingerprint density at radius 2 is 1.89 bits per heavy atom. The molecule has 1 N–H and O–H groups in total. The fraction of sp³-hybridized carbons (Fsp3) is 0.312. The first kappa shape index (κ1) is 31.8. The molecule has 2 bridgehead atoms. The van der Waals surface area contributed by atoms with Gasteiger partial charge in [0.1, 0.15) is 23.8 Å². The van der Waals surface area contributed by atoms with Gasteiger partial charge in [0.2, 0.25) is 11.3 Å². The second-order valence-corrected chi connectivity index (χ2v) is 11.3. The number of carbonyl (C=O) groups is 2. The quantitative estimate of drug-likeness (QED) is 0.293. The van der Waals surface area contributed by atoms with E-state index < -0.39 is 77.2 Å². The molecule has 1 aromatic heterocycles. The third kappa shape index (κ3) is 6.29. The predicted octanol–water partition coefficient (Wildman–Crippen LogP) is 4.64. The Bertz CT molecular complexity index is 1840. The van der Waals surface area contributed by atoms with E-state index in [1.807, 2.05) is 0 Å². The number of aromatic nitrogens is 1. The fourth-order valence-electron chi connectivity index (χ4n) is 5.72. The largest absolute Gasteiger partial charge is 0.483 e. The summed E-state index contributed by atoms with van der Waals surface area (Å²) in [5.41, 5.74) is -2.47. The van der Waals surface area contributed by atoms with E-state index in [1.165, 1.54) is 9.47 Å². The van der Waals surface area contributed by atoms with Crippen LogP contribution >= 0.6 is 0 Å². The number of hydrogen-bond donors (Lipinski definition) is 1. The number of benzene rings is 2. The van der Waals surface area contributed by atoms with Crippen LogP contribution in [0, 0.1) is 11.6 Å². The van der Waals surface area contributed by atoms with Gasteiger partial charge in [-0.15, -0.1) is 0 Å². The van der Waals surface area contributed by atoms with E-state index in [4.69, 9.17) is 14.3 Å². The van der Waals surface area contributed by atoms with Crippen molar-refractivity contribution in [2.75, 3.05) is 13.2 Å². The monoisotopic (exact) mass is 658 g/mol. The first-order chi connectivity index (χ1) is 22.3. The van der Waals surface area contributed by atoms with Gasteiger partial charge in [-0.25, -0.2) is 8.78 Å². The molecule has 0 aliphatic carbocycles. The minimum atomic E-state index is -4.63. The van der Waals surface area contributed by atoms with Crippen molar-refractivity contribution in [3.8, 4) is 5.75 Å². The Kier molecular flexibility index (Phi) is 8.24. The van der Waals surface area contributed by atoms with Gasteiger partial charge in [0.25, 0.3) is 11.8 Å². The maximum Gasteiger partial charge on any atom is 0.422 e. The van der Waals surface area contributed by atoms with Gasteiger partial charge in [0.15, 0.2) is 23.7 Å². The van der Waals surface area contributed by atoms with Crippen LogP contribution in [0.4, 0.5) is 22.0 Å². The number of nitrogens with zero attached hydrogens (tertiary/aromatic N) is 3. The zero-order valence-corrected chi connectivity index (χ0v) is 24.7. The summed E-state index contributed by atoms with van der Waals surface area (Å²) in [7, 11) is 0. The summed E-state index contributed by atoms with van der Waals surface area (Å²) in [6, 6.07) is 10.1. The minimum Gasteiger partial charge on any atom is -0.483 e. The van der Waals surface area contributed by atoms with Gasteiger partial charge in [-0.2, -0.15) is 13.2 Å². The molecule has 3 aliphatic heterocycles. The second kappa shape index (κ2) is 12.2.